The second-order valence-electron chi connectivity index (χ2n) is 6.23. The van der Waals surface area contributed by atoms with Crippen molar-refractivity contribution in [2.45, 2.75) is 25.8 Å². The topological polar surface area (TPSA) is 76.7 Å². The van der Waals surface area contributed by atoms with Crippen LogP contribution in [0.1, 0.15) is 41.0 Å². The Morgan fingerprint density at radius 3 is 2.58 bits per heavy atom. The maximum atomic E-state index is 12.5. The summed E-state index contributed by atoms with van der Waals surface area (Å²) in [7, 11) is 3.19. The normalized spacial score (nSPS) is 14.4. The number of benzene rings is 1. The number of ether oxygens (including phenoxy) is 2. The van der Waals surface area contributed by atoms with Crippen molar-refractivity contribution in [2.24, 2.45) is 5.92 Å². The molecule has 0 radical (unpaired) electrons. The molecule has 2 amide bonds. The van der Waals surface area contributed by atoms with E-state index in [0.717, 1.165) is 18.4 Å². The number of hydrogen-bond acceptors (Lipinski definition) is 5. The van der Waals surface area contributed by atoms with Gasteiger partial charge < -0.3 is 20.1 Å². The van der Waals surface area contributed by atoms with Gasteiger partial charge in [0.2, 0.25) is 5.91 Å². The fourth-order valence-corrected chi connectivity index (χ4v) is 3.43. The first kappa shape index (κ1) is 18.3. The molecule has 1 fully saturated rings. The second-order valence-corrected chi connectivity index (χ2v) is 7.31. The number of nitrogens with one attached hydrogen (secondary N) is 2. The number of rotatable bonds is 7. The Morgan fingerprint density at radius 2 is 1.92 bits per heavy atom. The molecule has 0 spiro atoms. The number of amides is 2. The van der Waals surface area contributed by atoms with Crippen molar-refractivity contribution in [2.75, 3.05) is 19.5 Å². The lowest BCUT2D eigenvalue weighted by atomic mass is 10.1. The first-order chi connectivity index (χ1) is 12.5. The molecule has 2 N–H and O–H groups in total. The number of anilines is 1. The highest BCUT2D eigenvalue weighted by molar-refractivity contribution is 7.18. The molecule has 0 unspecified atom stereocenters. The Kier molecular flexibility index (Phi) is 5.46. The van der Waals surface area contributed by atoms with E-state index in [1.54, 1.807) is 26.4 Å². The summed E-state index contributed by atoms with van der Waals surface area (Å²) in [6, 6.07) is 8.69. The molecule has 6 nitrogen and oxygen atoms in total. The van der Waals surface area contributed by atoms with Crippen LogP contribution in [-0.4, -0.2) is 26.0 Å². The molecule has 2 aromatic rings. The molecule has 1 aliphatic carbocycles. The fourth-order valence-electron chi connectivity index (χ4n) is 2.62. The van der Waals surface area contributed by atoms with Crippen LogP contribution < -0.4 is 20.1 Å². The van der Waals surface area contributed by atoms with Crippen molar-refractivity contribution >= 4 is 28.2 Å². The average Bonchev–Trinajstić information content (AvgIpc) is 3.40. The molecule has 0 aliphatic heterocycles. The number of methoxy groups -OCH3 is 2. The zero-order valence-corrected chi connectivity index (χ0v) is 15.8. The molecule has 0 bridgehead atoms. The standard InChI is InChI=1S/C19H22N2O4S/c1-11(14-10-13(24-2)6-7-15(14)25-3)20-19(23)16-8-9-17(26-16)21-18(22)12-4-5-12/h6-12H,4-5H2,1-3H3,(H,20,23)(H,21,22)/t11-/m0/s1. The van der Waals surface area contributed by atoms with Crippen LogP contribution in [0.25, 0.3) is 0 Å². The Morgan fingerprint density at radius 1 is 1.15 bits per heavy atom. The summed E-state index contributed by atoms with van der Waals surface area (Å²) < 4.78 is 10.6. The van der Waals surface area contributed by atoms with E-state index < -0.39 is 0 Å². The lowest BCUT2D eigenvalue weighted by Gasteiger charge is -2.18. The summed E-state index contributed by atoms with van der Waals surface area (Å²) in [6.45, 7) is 1.89. The van der Waals surface area contributed by atoms with Gasteiger partial charge in [-0.05, 0) is 50.1 Å². The maximum Gasteiger partial charge on any atom is 0.261 e. The maximum absolute atomic E-state index is 12.5. The molecule has 7 heteroatoms. The van der Waals surface area contributed by atoms with Crippen LogP contribution in [0.4, 0.5) is 5.00 Å². The predicted molar refractivity (Wildman–Crippen MR) is 101 cm³/mol. The Labute approximate surface area is 156 Å². The van der Waals surface area contributed by atoms with Gasteiger partial charge in [-0.1, -0.05) is 0 Å². The first-order valence-electron chi connectivity index (χ1n) is 8.45. The molecule has 3 rings (SSSR count). The van der Waals surface area contributed by atoms with E-state index in [9.17, 15) is 9.59 Å². The van der Waals surface area contributed by atoms with E-state index in [-0.39, 0.29) is 23.8 Å². The summed E-state index contributed by atoms with van der Waals surface area (Å²) in [6.07, 6.45) is 1.90. The molecule has 1 aliphatic rings. The Hall–Kier alpha value is -2.54. The summed E-state index contributed by atoms with van der Waals surface area (Å²) in [4.78, 5) is 24.9. The van der Waals surface area contributed by atoms with Gasteiger partial charge in [0.1, 0.15) is 11.5 Å². The van der Waals surface area contributed by atoms with Gasteiger partial charge in [0.05, 0.1) is 30.1 Å². The van der Waals surface area contributed by atoms with E-state index in [0.29, 0.717) is 21.4 Å². The van der Waals surface area contributed by atoms with Crippen molar-refractivity contribution < 1.29 is 19.1 Å². The molecular weight excluding hydrogens is 352 g/mol. The van der Waals surface area contributed by atoms with Gasteiger partial charge in [0, 0.05) is 11.5 Å². The van der Waals surface area contributed by atoms with Gasteiger partial charge in [-0.15, -0.1) is 11.3 Å². The van der Waals surface area contributed by atoms with Crippen molar-refractivity contribution in [1.82, 2.24) is 5.32 Å². The van der Waals surface area contributed by atoms with Crippen LogP contribution >= 0.6 is 11.3 Å². The molecule has 1 heterocycles. The average molecular weight is 374 g/mol. The van der Waals surface area contributed by atoms with E-state index >= 15 is 0 Å². The molecule has 1 aromatic carbocycles. The molecule has 1 atom stereocenters. The molecule has 138 valence electrons. The van der Waals surface area contributed by atoms with Crippen LogP contribution in [0.5, 0.6) is 11.5 Å². The third-order valence-corrected chi connectivity index (χ3v) is 5.27. The molecular formula is C19H22N2O4S. The van der Waals surface area contributed by atoms with E-state index in [4.69, 9.17) is 9.47 Å². The minimum atomic E-state index is -0.265. The van der Waals surface area contributed by atoms with Gasteiger partial charge in [0.15, 0.2) is 0 Å². The number of carbonyl (C=O) groups is 2. The Bertz CT molecular complexity index is 814. The zero-order chi connectivity index (χ0) is 18.7. The quantitative estimate of drug-likeness (QED) is 0.776. The predicted octanol–water partition coefficient (Wildman–Crippen LogP) is 3.60. The molecule has 1 aromatic heterocycles. The minimum absolute atomic E-state index is 0.0355. The van der Waals surface area contributed by atoms with Gasteiger partial charge in [-0.2, -0.15) is 0 Å². The van der Waals surface area contributed by atoms with Gasteiger partial charge in [-0.25, -0.2) is 0 Å². The summed E-state index contributed by atoms with van der Waals surface area (Å²) in [5.74, 6) is 1.35. The highest BCUT2D eigenvalue weighted by atomic mass is 32.1. The lowest BCUT2D eigenvalue weighted by molar-refractivity contribution is -0.117. The SMILES string of the molecule is COc1ccc(OC)c([C@H](C)NC(=O)c2ccc(NC(=O)C3CC3)s2)c1. The van der Waals surface area contributed by atoms with E-state index in [2.05, 4.69) is 10.6 Å². The summed E-state index contributed by atoms with van der Waals surface area (Å²) in [5.41, 5.74) is 0.832. The summed E-state index contributed by atoms with van der Waals surface area (Å²) >= 11 is 1.27. The second kappa shape index (κ2) is 7.78. The highest BCUT2D eigenvalue weighted by Crippen LogP contribution is 2.32. The smallest absolute Gasteiger partial charge is 0.261 e. The highest BCUT2D eigenvalue weighted by Gasteiger charge is 2.30. The van der Waals surface area contributed by atoms with Crippen LogP contribution in [0.3, 0.4) is 0 Å². The summed E-state index contributed by atoms with van der Waals surface area (Å²) in [5, 5.41) is 6.52. The monoisotopic (exact) mass is 374 g/mol. The van der Waals surface area contributed by atoms with Crippen LogP contribution in [0, 0.1) is 5.92 Å². The third kappa shape index (κ3) is 4.16. The van der Waals surface area contributed by atoms with Crippen molar-refractivity contribution in [1.29, 1.82) is 0 Å². The van der Waals surface area contributed by atoms with Crippen molar-refractivity contribution in [3.8, 4) is 11.5 Å². The number of carbonyl (C=O) groups excluding carboxylic acids is 2. The van der Waals surface area contributed by atoms with Gasteiger partial charge in [0.25, 0.3) is 5.91 Å². The van der Waals surface area contributed by atoms with Crippen molar-refractivity contribution in [3.63, 3.8) is 0 Å². The lowest BCUT2D eigenvalue weighted by Crippen LogP contribution is -2.26. The van der Waals surface area contributed by atoms with Crippen LogP contribution in [0.15, 0.2) is 30.3 Å². The third-order valence-electron chi connectivity index (χ3n) is 4.28. The number of hydrogen-bond donors (Lipinski definition) is 2. The first-order valence-corrected chi connectivity index (χ1v) is 9.27. The number of thiophene rings is 1. The molecule has 26 heavy (non-hydrogen) atoms. The van der Waals surface area contributed by atoms with Crippen LogP contribution in [0.2, 0.25) is 0 Å². The van der Waals surface area contributed by atoms with Crippen molar-refractivity contribution in [3.05, 3.63) is 40.8 Å². The molecule has 0 saturated heterocycles. The van der Waals surface area contributed by atoms with Gasteiger partial charge >= 0.3 is 0 Å². The van der Waals surface area contributed by atoms with E-state index in [1.165, 1.54) is 11.3 Å². The van der Waals surface area contributed by atoms with Gasteiger partial charge in [-0.3, -0.25) is 9.59 Å². The minimum Gasteiger partial charge on any atom is -0.497 e. The fraction of sp³-hybridized carbons (Fsp3) is 0.368. The Balaban J connectivity index is 1.67. The molecule has 1 saturated carbocycles. The van der Waals surface area contributed by atoms with Crippen LogP contribution in [-0.2, 0) is 4.79 Å². The van der Waals surface area contributed by atoms with E-state index in [1.807, 2.05) is 25.1 Å². The zero-order valence-electron chi connectivity index (χ0n) is 15.0. The largest absolute Gasteiger partial charge is 0.497 e.